The molecule has 0 atom stereocenters. The second-order valence-electron chi connectivity index (χ2n) is 5.78. The fourth-order valence-electron chi connectivity index (χ4n) is 3.06. The van der Waals surface area contributed by atoms with Crippen LogP contribution in [0.4, 0.5) is 5.13 Å². The van der Waals surface area contributed by atoms with E-state index in [0.717, 1.165) is 35.2 Å². The maximum atomic E-state index is 12.5. The van der Waals surface area contributed by atoms with Crippen molar-refractivity contribution >= 4 is 32.6 Å². The lowest BCUT2D eigenvalue weighted by Gasteiger charge is -2.17. The molecule has 3 aromatic rings. The Labute approximate surface area is 141 Å². The lowest BCUT2D eigenvalue weighted by Crippen LogP contribution is -2.26. The van der Waals surface area contributed by atoms with Crippen LogP contribution in [0, 0.1) is 0 Å². The van der Waals surface area contributed by atoms with Gasteiger partial charge in [0.25, 0.3) is 11.5 Å². The molecule has 0 unspecified atom stereocenters. The second-order valence-corrected chi connectivity index (χ2v) is 6.81. The van der Waals surface area contributed by atoms with Crippen LogP contribution in [-0.4, -0.2) is 21.0 Å². The van der Waals surface area contributed by atoms with Crippen LogP contribution >= 0.6 is 11.3 Å². The topological polar surface area (TPSA) is 95.1 Å². The molecule has 7 heteroatoms. The molecule has 1 aromatic carbocycles. The molecule has 24 heavy (non-hydrogen) atoms. The number of aryl methyl sites for hydroxylation is 1. The number of H-pyrrole nitrogens is 1. The van der Waals surface area contributed by atoms with E-state index in [2.05, 4.69) is 15.3 Å². The number of benzene rings is 1. The van der Waals surface area contributed by atoms with E-state index in [1.165, 1.54) is 11.3 Å². The number of amides is 1. The summed E-state index contributed by atoms with van der Waals surface area (Å²) in [7, 11) is 0. The minimum Gasteiger partial charge on any atom is -0.507 e. The second kappa shape index (κ2) is 5.76. The number of thiazole rings is 1. The van der Waals surface area contributed by atoms with Gasteiger partial charge in [-0.2, -0.15) is 0 Å². The van der Waals surface area contributed by atoms with E-state index < -0.39 is 11.5 Å². The van der Waals surface area contributed by atoms with Gasteiger partial charge in [-0.05, 0) is 37.8 Å². The Morgan fingerprint density at radius 1 is 1.25 bits per heavy atom. The van der Waals surface area contributed by atoms with Gasteiger partial charge < -0.3 is 10.1 Å². The van der Waals surface area contributed by atoms with Crippen LogP contribution in [0.3, 0.4) is 0 Å². The summed E-state index contributed by atoms with van der Waals surface area (Å²) in [6, 6.07) is 7.52. The van der Waals surface area contributed by atoms with Gasteiger partial charge >= 0.3 is 0 Å². The zero-order chi connectivity index (χ0) is 16.7. The number of hydrogen-bond donors (Lipinski definition) is 3. The fraction of sp³-hybridized carbons (Fsp3) is 0.235. The standard InChI is InChI=1S/C17H15N3O3S/c21-14-9-5-1-2-6-10(9)18-15(22)13(14)16(23)20-17-19-11-7-3-4-8-12(11)24-17/h3-4,7-8H,1-2,5-6H2,(H2,18,21,22)(H,19,20,23). The van der Waals surface area contributed by atoms with Crippen molar-refractivity contribution in [3.63, 3.8) is 0 Å². The number of pyridine rings is 1. The Kier molecular flexibility index (Phi) is 3.57. The van der Waals surface area contributed by atoms with E-state index in [0.29, 0.717) is 17.1 Å². The molecule has 0 bridgehead atoms. The predicted molar refractivity (Wildman–Crippen MR) is 92.9 cm³/mol. The van der Waals surface area contributed by atoms with Gasteiger partial charge in [0.05, 0.1) is 10.2 Å². The number of carbonyl (C=O) groups excluding carboxylic acids is 1. The summed E-state index contributed by atoms with van der Waals surface area (Å²) in [5, 5.41) is 13.4. The van der Waals surface area contributed by atoms with Crippen LogP contribution in [0.2, 0.25) is 0 Å². The van der Waals surface area contributed by atoms with Crippen LogP contribution in [-0.2, 0) is 12.8 Å². The number of nitrogens with zero attached hydrogens (tertiary/aromatic N) is 1. The quantitative estimate of drug-likeness (QED) is 0.668. The summed E-state index contributed by atoms with van der Waals surface area (Å²) in [5.74, 6) is -0.840. The largest absolute Gasteiger partial charge is 0.507 e. The number of fused-ring (bicyclic) bond motifs is 2. The van der Waals surface area contributed by atoms with E-state index in [9.17, 15) is 14.7 Å². The number of aromatic hydroxyl groups is 1. The number of rotatable bonds is 2. The molecule has 0 saturated heterocycles. The van der Waals surface area contributed by atoms with Crippen molar-refractivity contribution in [1.82, 2.24) is 9.97 Å². The molecule has 2 aromatic heterocycles. The van der Waals surface area contributed by atoms with Gasteiger partial charge in [-0.25, -0.2) is 4.98 Å². The molecule has 0 fully saturated rings. The number of para-hydroxylation sites is 1. The van der Waals surface area contributed by atoms with Crippen molar-refractivity contribution < 1.29 is 9.90 Å². The highest BCUT2D eigenvalue weighted by atomic mass is 32.1. The summed E-state index contributed by atoms with van der Waals surface area (Å²) in [4.78, 5) is 31.8. The Balaban J connectivity index is 1.70. The minimum atomic E-state index is -0.638. The van der Waals surface area contributed by atoms with Crippen molar-refractivity contribution in [2.75, 3.05) is 5.32 Å². The first kappa shape index (κ1) is 14.9. The molecule has 6 nitrogen and oxygen atoms in total. The highest BCUT2D eigenvalue weighted by Crippen LogP contribution is 2.30. The first-order valence-electron chi connectivity index (χ1n) is 7.77. The smallest absolute Gasteiger partial charge is 0.266 e. The Morgan fingerprint density at radius 3 is 2.88 bits per heavy atom. The summed E-state index contributed by atoms with van der Waals surface area (Å²) in [6.45, 7) is 0. The molecular formula is C17H15N3O3S. The number of aromatic amines is 1. The predicted octanol–water partition coefficient (Wildman–Crippen LogP) is 2.82. The molecule has 1 amide bonds. The van der Waals surface area contributed by atoms with Gasteiger partial charge in [0.15, 0.2) is 5.13 Å². The molecule has 4 rings (SSSR count). The van der Waals surface area contributed by atoms with Crippen molar-refractivity contribution in [3.05, 3.63) is 51.4 Å². The van der Waals surface area contributed by atoms with Crippen molar-refractivity contribution in [2.24, 2.45) is 0 Å². The average molecular weight is 341 g/mol. The number of anilines is 1. The third-order valence-electron chi connectivity index (χ3n) is 4.22. The van der Waals surface area contributed by atoms with Crippen molar-refractivity contribution in [3.8, 4) is 5.75 Å². The van der Waals surface area contributed by atoms with Gasteiger partial charge in [-0.3, -0.25) is 14.9 Å². The zero-order valence-corrected chi connectivity index (χ0v) is 13.6. The maximum Gasteiger partial charge on any atom is 0.266 e. The molecule has 1 aliphatic rings. The highest BCUT2D eigenvalue weighted by molar-refractivity contribution is 7.22. The van der Waals surface area contributed by atoms with E-state index >= 15 is 0 Å². The third kappa shape index (κ3) is 2.46. The van der Waals surface area contributed by atoms with E-state index in [1.54, 1.807) is 0 Å². The van der Waals surface area contributed by atoms with Crippen molar-refractivity contribution in [1.29, 1.82) is 0 Å². The molecule has 3 N–H and O–H groups in total. The van der Waals surface area contributed by atoms with Gasteiger partial charge in [-0.1, -0.05) is 23.5 Å². The molecule has 2 heterocycles. The van der Waals surface area contributed by atoms with Gasteiger partial charge in [0.1, 0.15) is 11.3 Å². The monoisotopic (exact) mass is 341 g/mol. The summed E-state index contributed by atoms with van der Waals surface area (Å²) >= 11 is 1.32. The molecule has 122 valence electrons. The summed E-state index contributed by atoms with van der Waals surface area (Å²) < 4.78 is 0.941. The van der Waals surface area contributed by atoms with Crippen LogP contribution in [0.25, 0.3) is 10.2 Å². The molecule has 0 radical (unpaired) electrons. The number of hydrogen-bond acceptors (Lipinski definition) is 5. The SMILES string of the molecule is O=C(Nc1nc2ccccc2s1)c1c(O)c2c([nH]c1=O)CCCC2. The number of aromatic nitrogens is 2. The highest BCUT2D eigenvalue weighted by Gasteiger charge is 2.24. The number of carbonyl (C=O) groups is 1. The van der Waals surface area contributed by atoms with Crippen LogP contribution in [0.5, 0.6) is 5.75 Å². The average Bonchev–Trinajstić information content (AvgIpc) is 2.97. The Morgan fingerprint density at radius 2 is 2.04 bits per heavy atom. The number of nitrogens with one attached hydrogen (secondary N) is 2. The normalized spacial score (nSPS) is 13.7. The Hall–Kier alpha value is -2.67. The first-order chi connectivity index (χ1) is 11.6. The Bertz CT molecular complexity index is 973. The molecule has 1 aliphatic carbocycles. The van der Waals surface area contributed by atoms with Crippen molar-refractivity contribution in [2.45, 2.75) is 25.7 Å². The summed E-state index contributed by atoms with van der Waals surface area (Å²) in [6.07, 6.45) is 3.29. The van der Waals surface area contributed by atoms with Crippen LogP contribution < -0.4 is 10.9 Å². The molecule has 0 saturated carbocycles. The lowest BCUT2D eigenvalue weighted by molar-refractivity contribution is 0.102. The molecular weight excluding hydrogens is 326 g/mol. The minimum absolute atomic E-state index is 0.202. The van der Waals surface area contributed by atoms with Gasteiger partial charge in [0.2, 0.25) is 0 Å². The summed E-state index contributed by atoms with van der Waals surface area (Å²) in [5.41, 5.74) is 1.39. The zero-order valence-electron chi connectivity index (χ0n) is 12.8. The lowest BCUT2D eigenvalue weighted by atomic mass is 9.94. The van der Waals surface area contributed by atoms with Crippen LogP contribution in [0.1, 0.15) is 34.5 Å². The van der Waals surface area contributed by atoms with E-state index in [-0.39, 0.29) is 11.3 Å². The van der Waals surface area contributed by atoms with Gasteiger partial charge in [0, 0.05) is 11.3 Å². The maximum absolute atomic E-state index is 12.5. The first-order valence-corrected chi connectivity index (χ1v) is 8.59. The van der Waals surface area contributed by atoms with Crippen LogP contribution in [0.15, 0.2) is 29.1 Å². The van der Waals surface area contributed by atoms with E-state index in [4.69, 9.17) is 0 Å². The van der Waals surface area contributed by atoms with Gasteiger partial charge in [-0.15, -0.1) is 0 Å². The third-order valence-corrected chi connectivity index (χ3v) is 5.18. The fourth-order valence-corrected chi connectivity index (χ4v) is 3.92. The molecule has 0 spiro atoms. The molecule has 0 aliphatic heterocycles. The van der Waals surface area contributed by atoms with E-state index in [1.807, 2.05) is 24.3 Å².